The van der Waals surface area contributed by atoms with E-state index in [0.717, 1.165) is 12.3 Å². The number of thioether (sulfide) groups is 1. The van der Waals surface area contributed by atoms with Crippen LogP contribution in [0.4, 0.5) is 0 Å². The lowest BCUT2D eigenvalue weighted by Gasteiger charge is -2.27. The van der Waals surface area contributed by atoms with E-state index in [0.29, 0.717) is 11.9 Å². The van der Waals surface area contributed by atoms with Crippen molar-refractivity contribution in [3.05, 3.63) is 29.8 Å². The first kappa shape index (κ1) is 12.1. The summed E-state index contributed by atoms with van der Waals surface area (Å²) >= 11 is 1.73. The van der Waals surface area contributed by atoms with Crippen molar-refractivity contribution in [1.82, 2.24) is 4.90 Å². The van der Waals surface area contributed by atoms with Crippen LogP contribution in [0.3, 0.4) is 0 Å². The van der Waals surface area contributed by atoms with Gasteiger partial charge in [-0.1, -0.05) is 18.2 Å². The molecule has 18 heavy (non-hydrogen) atoms. The minimum absolute atomic E-state index is 0.0913. The number of hydrogen-bond donors (Lipinski definition) is 0. The van der Waals surface area contributed by atoms with E-state index >= 15 is 0 Å². The van der Waals surface area contributed by atoms with Gasteiger partial charge in [0, 0.05) is 18.0 Å². The van der Waals surface area contributed by atoms with Gasteiger partial charge in [0.05, 0.1) is 5.25 Å². The highest BCUT2D eigenvalue weighted by molar-refractivity contribution is 8.01. The molecule has 0 spiro atoms. The van der Waals surface area contributed by atoms with E-state index in [-0.39, 0.29) is 5.25 Å². The maximum atomic E-state index is 12.5. The van der Waals surface area contributed by atoms with Crippen LogP contribution in [0.1, 0.15) is 25.3 Å². The molecule has 1 aliphatic heterocycles. The number of fused-ring (bicyclic) bond motifs is 1. The minimum Gasteiger partial charge on any atom is -0.342 e. The van der Waals surface area contributed by atoms with Crippen LogP contribution in [-0.4, -0.2) is 29.1 Å². The van der Waals surface area contributed by atoms with Gasteiger partial charge in [-0.25, -0.2) is 0 Å². The Hall–Kier alpha value is -0.960. The Morgan fingerprint density at radius 3 is 2.78 bits per heavy atom. The molecule has 1 aliphatic carbocycles. The second-order valence-electron chi connectivity index (χ2n) is 5.45. The van der Waals surface area contributed by atoms with E-state index in [1.165, 1.54) is 23.3 Å². The molecule has 96 valence electrons. The minimum atomic E-state index is 0.0913. The van der Waals surface area contributed by atoms with Crippen LogP contribution < -0.4 is 0 Å². The van der Waals surface area contributed by atoms with Crippen molar-refractivity contribution in [3.8, 4) is 0 Å². The Bertz CT molecular complexity index is 444. The molecule has 0 bridgehead atoms. The molecule has 2 nitrogen and oxygen atoms in total. The van der Waals surface area contributed by atoms with Crippen LogP contribution in [0.25, 0.3) is 0 Å². The second-order valence-corrected chi connectivity index (χ2v) is 6.69. The summed E-state index contributed by atoms with van der Waals surface area (Å²) < 4.78 is 0. The van der Waals surface area contributed by atoms with Crippen molar-refractivity contribution in [2.75, 3.05) is 7.05 Å². The number of benzene rings is 1. The number of rotatable bonds is 3. The summed E-state index contributed by atoms with van der Waals surface area (Å²) in [5.74, 6) is 1.04. The fourth-order valence-corrected chi connectivity index (χ4v) is 3.94. The van der Waals surface area contributed by atoms with Crippen molar-refractivity contribution in [2.24, 2.45) is 5.92 Å². The molecule has 0 radical (unpaired) electrons. The summed E-state index contributed by atoms with van der Waals surface area (Å²) in [4.78, 5) is 15.7. The van der Waals surface area contributed by atoms with E-state index in [9.17, 15) is 4.79 Å². The molecule has 1 aromatic carbocycles. The van der Waals surface area contributed by atoms with Crippen LogP contribution in [-0.2, 0) is 11.2 Å². The van der Waals surface area contributed by atoms with Gasteiger partial charge in [-0.2, -0.15) is 0 Å². The predicted molar refractivity (Wildman–Crippen MR) is 74.7 cm³/mol. The molecule has 1 aromatic rings. The lowest BCUT2D eigenvalue weighted by Crippen LogP contribution is -2.41. The fraction of sp³-hybridized carbons (Fsp3) is 0.533. The zero-order chi connectivity index (χ0) is 12.7. The molecule has 1 fully saturated rings. The average Bonchev–Trinajstić information content (AvgIpc) is 3.14. The summed E-state index contributed by atoms with van der Waals surface area (Å²) in [6.07, 6.45) is 3.47. The number of carbonyl (C=O) groups is 1. The molecule has 1 amide bonds. The van der Waals surface area contributed by atoms with Crippen LogP contribution in [0.15, 0.2) is 29.2 Å². The Morgan fingerprint density at radius 2 is 2.11 bits per heavy atom. The molecule has 0 N–H and O–H groups in total. The third-order valence-corrected chi connectivity index (χ3v) is 5.49. The van der Waals surface area contributed by atoms with Crippen molar-refractivity contribution in [3.63, 3.8) is 0 Å². The molecule has 2 atom stereocenters. The Labute approximate surface area is 113 Å². The molecule has 0 aromatic heterocycles. The molecule has 2 unspecified atom stereocenters. The van der Waals surface area contributed by atoms with Gasteiger partial charge in [-0.3, -0.25) is 4.79 Å². The standard InChI is InChI=1S/C15H19NOS/c1-10(11-7-8-11)16(2)15(17)14-9-12-5-3-4-6-13(12)18-14/h3-6,10-11,14H,7-9H2,1-2H3. The van der Waals surface area contributed by atoms with E-state index in [4.69, 9.17) is 0 Å². The largest absolute Gasteiger partial charge is 0.342 e. The highest BCUT2D eigenvalue weighted by Crippen LogP contribution is 2.39. The van der Waals surface area contributed by atoms with Gasteiger partial charge in [0.15, 0.2) is 0 Å². The van der Waals surface area contributed by atoms with E-state index < -0.39 is 0 Å². The smallest absolute Gasteiger partial charge is 0.236 e. The maximum absolute atomic E-state index is 12.5. The highest BCUT2D eigenvalue weighted by Gasteiger charge is 2.36. The lowest BCUT2D eigenvalue weighted by molar-refractivity contribution is -0.131. The molecule has 0 saturated heterocycles. The predicted octanol–water partition coefficient (Wildman–Crippen LogP) is 2.96. The number of nitrogens with zero attached hydrogens (tertiary/aromatic N) is 1. The van der Waals surface area contributed by atoms with E-state index in [1.54, 1.807) is 11.8 Å². The second kappa shape index (κ2) is 4.61. The Balaban J connectivity index is 1.68. The van der Waals surface area contributed by atoms with Crippen molar-refractivity contribution >= 4 is 17.7 Å². The van der Waals surface area contributed by atoms with Gasteiger partial charge in [-0.15, -0.1) is 11.8 Å². The van der Waals surface area contributed by atoms with Crippen molar-refractivity contribution in [2.45, 2.75) is 42.4 Å². The number of amides is 1. The van der Waals surface area contributed by atoms with Gasteiger partial charge in [0.1, 0.15) is 0 Å². The topological polar surface area (TPSA) is 20.3 Å². The quantitative estimate of drug-likeness (QED) is 0.834. The van der Waals surface area contributed by atoms with Crippen LogP contribution >= 0.6 is 11.8 Å². The van der Waals surface area contributed by atoms with E-state index in [1.807, 2.05) is 11.9 Å². The summed E-state index contributed by atoms with van der Waals surface area (Å²) in [6.45, 7) is 2.18. The van der Waals surface area contributed by atoms with Gasteiger partial charge in [-0.05, 0) is 43.7 Å². The molecule has 1 saturated carbocycles. The first-order valence-electron chi connectivity index (χ1n) is 6.68. The molecule has 3 heteroatoms. The molecular formula is C15H19NOS. The zero-order valence-electron chi connectivity index (χ0n) is 10.9. The van der Waals surface area contributed by atoms with Crippen LogP contribution in [0, 0.1) is 5.92 Å². The van der Waals surface area contributed by atoms with E-state index in [2.05, 4.69) is 31.2 Å². The van der Waals surface area contributed by atoms with Crippen molar-refractivity contribution < 1.29 is 4.79 Å². The van der Waals surface area contributed by atoms with Gasteiger partial charge >= 0.3 is 0 Å². The van der Waals surface area contributed by atoms with Gasteiger partial charge in [0.2, 0.25) is 5.91 Å². The molecule has 1 heterocycles. The molecule has 2 aliphatic rings. The summed E-state index contributed by atoms with van der Waals surface area (Å²) in [6, 6.07) is 8.78. The normalized spacial score (nSPS) is 23.6. The van der Waals surface area contributed by atoms with Gasteiger partial charge < -0.3 is 4.90 Å². The number of carbonyl (C=O) groups excluding carboxylic acids is 1. The third kappa shape index (κ3) is 2.16. The summed E-state index contributed by atoms with van der Waals surface area (Å²) in [5.41, 5.74) is 1.33. The summed E-state index contributed by atoms with van der Waals surface area (Å²) in [7, 11) is 1.97. The Kier molecular flexibility index (Phi) is 3.10. The first-order chi connectivity index (χ1) is 8.66. The van der Waals surface area contributed by atoms with Gasteiger partial charge in [0.25, 0.3) is 0 Å². The van der Waals surface area contributed by atoms with Crippen molar-refractivity contribution in [1.29, 1.82) is 0 Å². The van der Waals surface area contributed by atoms with Crippen LogP contribution in [0.2, 0.25) is 0 Å². The highest BCUT2D eigenvalue weighted by atomic mass is 32.2. The fourth-order valence-electron chi connectivity index (χ4n) is 2.64. The first-order valence-corrected chi connectivity index (χ1v) is 7.56. The monoisotopic (exact) mass is 261 g/mol. The molecular weight excluding hydrogens is 242 g/mol. The molecule has 3 rings (SSSR count). The lowest BCUT2D eigenvalue weighted by atomic mass is 10.1. The number of hydrogen-bond acceptors (Lipinski definition) is 2. The average molecular weight is 261 g/mol. The Morgan fingerprint density at radius 1 is 1.39 bits per heavy atom. The third-order valence-electron chi connectivity index (χ3n) is 4.19. The maximum Gasteiger partial charge on any atom is 0.236 e. The zero-order valence-corrected chi connectivity index (χ0v) is 11.7. The summed E-state index contributed by atoms with van der Waals surface area (Å²) in [5, 5.41) is 0.0913. The van der Waals surface area contributed by atoms with Crippen LogP contribution in [0.5, 0.6) is 0 Å². The SMILES string of the molecule is CC(C1CC1)N(C)C(=O)C1Cc2ccccc2S1.